The van der Waals surface area contributed by atoms with Crippen molar-refractivity contribution >= 4 is 27.3 Å². The molecule has 1 N–H and O–H groups in total. The molecule has 0 fully saturated rings. The first kappa shape index (κ1) is 21.8. The van der Waals surface area contributed by atoms with Crippen molar-refractivity contribution in [3.63, 3.8) is 0 Å². The number of amides is 1. The van der Waals surface area contributed by atoms with Crippen molar-refractivity contribution in [3.8, 4) is 5.75 Å². The number of hydrogen-bond donors (Lipinski definition) is 1. The molecule has 1 heterocycles. The van der Waals surface area contributed by atoms with Gasteiger partial charge in [-0.15, -0.1) is 0 Å². The van der Waals surface area contributed by atoms with Crippen molar-refractivity contribution in [1.29, 1.82) is 0 Å². The molecule has 1 amide bonds. The minimum absolute atomic E-state index is 0.106. The second-order valence-corrected chi connectivity index (χ2v) is 9.25. The molecule has 0 saturated carbocycles. The van der Waals surface area contributed by atoms with Gasteiger partial charge < -0.3 is 10.1 Å². The van der Waals surface area contributed by atoms with E-state index in [-0.39, 0.29) is 18.0 Å². The van der Waals surface area contributed by atoms with Crippen molar-refractivity contribution in [2.24, 2.45) is 0 Å². The Morgan fingerprint density at radius 3 is 2.43 bits per heavy atom. The molecule has 1 atom stereocenters. The zero-order valence-corrected chi connectivity index (χ0v) is 17.9. The van der Waals surface area contributed by atoms with Crippen LogP contribution in [-0.2, 0) is 14.6 Å². The Labute approximate surface area is 180 Å². The zero-order valence-electron chi connectivity index (χ0n) is 16.3. The van der Waals surface area contributed by atoms with E-state index in [4.69, 9.17) is 16.3 Å². The lowest BCUT2D eigenvalue weighted by molar-refractivity contribution is -0.123. The number of nitrogens with one attached hydrogen (secondary N) is 1. The third kappa shape index (κ3) is 5.58. The van der Waals surface area contributed by atoms with Crippen molar-refractivity contribution < 1.29 is 17.9 Å². The molecular formula is C22H21ClN2O4S. The summed E-state index contributed by atoms with van der Waals surface area (Å²) in [6, 6.07) is 16.6. The monoisotopic (exact) mass is 444 g/mol. The van der Waals surface area contributed by atoms with Crippen LogP contribution in [0.3, 0.4) is 0 Å². The second kappa shape index (κ2) is 9.73. The Balaban J connectivity index is 1.72. The van der Waals surface area contributed by atoms with Crippen LogP contribution in [0.2, 0.25) is 5.02 Å². The summed E-state index contributed by atoms with van der Waals surface area (Å²) in [7, 11) is -3.75. The van der Waals surface area contributed by atoms with E-state index in [1.165, 1.54) is 6.20 Å². The summed E-state index contributed by atoms with van der Waals surface area (Å²) in [5.41, 5.74) is 1.46. The first-order valence-corrected chi connectivity index (χ1v) is 11.1. The number of nitrogens with zero attached hydrogens (tertiary/aromatic N) is 1. The average molecular weight is 445 g/mol. The molecule has 0 aliphatic carbocycles. The maximum atomic E-state index is 13.2. The molecule has 0 aliphatic rings. The maximum Gasteiger partial charge on any atom is 0.257 e. The van der Waals surface area contributed by atoms with Gasteiger partial charge in [-0.2, -0.15) is 0 Å². The van der Waals surface area contributed by atoms with Crippen LogP contribution in [0.25, 0.3) is 0 Å². The van der Waals surface area contributed by atoms with Gasteiger partial charge in [-0.25, -0.2) is 8.42 Å². The van der Waals surface area contributed by atoms with Gasteiger partial charge >= 0.3 is 0 Å². The van der Waals surface area contributed by atoms with E-state index >= 15 is 0 Å². The summed E-state index contributed by atoms with van der Waals surface area (Å²) in [4.78, 5) is 16.5. The number of carbonyl (C=O) groups is 1. The maximum absolute atomic E-state index is 13.2. The van der Waals surface area contributed by atoms with Crippen LogP contribution >= 0.6 is 11.6 Å². The second-order valence-electron chi connectivity index (χ2n) is 6.68. The fraction of sp³-hybridized carbons (Fsp3) is 0.182. The van der Waals surface area contributed by atoms with Crippen LogP contribution < -0.4 is 10.1 Å². The van der Waals surface area contributed by atoms with E-state index in [1.54, 1.807) is 66.9 Å². The molecule has 156 valence electrons. The molecule has 6 nitrogen and oxygen atoms in total. The minimum atomic E-state index is -3.75. The van der Waals surface area contributed by atoms with Gasteiger partial charge in [0, 0.05) is 24.0 Å². The first-order chi connectivity index (χ1) is 14.4. The summed E-state index contributed by atoms with van der Waals surface area (Å²) in [5.74, 6) is 0.0589. The molecule has 0 radical (unpaired) electrons. The molecule has 1 unspecified atom stereocenters. The predicted octanol–water partition coefficient (Wildman–Crippen LogP) is 3.75. The molecule has 8 heteroatoms. The largest absolute Gasteiger partial charge is 0.484 e. The molecular weight excluding hydrogens is 424 g/mol. The molecule has 1 aromatic heterocycles. The number of hydrogen-bond acceptors (Lipinski definition) is 5. The van der Waals surface area contributed by atoms with Crippen molar-refractivity contribution in [3.05, 3.63) is 89.2 Å². The SMILES string of the molecule is Cc1ccc(S(=O)(=O)C(CNC(=O)COc2ccc(Cl)cc2)c2cccnc2)cc1. The van der Waals surface area contributed by atoms with Crippen LogP contribution in [-0.4, -0.2) is 32.5 Å². The van der Waals surface area contributed by atoms with Gasteiger partial charge in [-0.1, -0.05) is 35.4 Å². The standard InChI is InChI=1S/C22H21ClN2O4S/c1-16-4-10-20(11-5-16)30(27,28)21(17-3-2-12-24-13-17)14-25-22(26)15-29-19-8-6-18(23)7-9-19/h2-13,21H,14-15H2,1H3,(H,25,26). The van der Waals surface area contributed by atoms with Crippen molar-refractivity contribution in [2.75, 3.05) is 13.2 Å². The number of ether oxygens (including phenoxy) is 1. The van der Waals surface area contributed by atoms with Gasteiger partial charge in [0.25, 0.3) is 5.91 Å². The lowest BCUT2D eigenvalue weighted by Gasteiger charge is -2.19. The number of halogens is 1. The Bertz CT molecular complexity index is 1090. The molecule has 0 aliphatic heterocycles. The third-order valence-corrected chi connectivity index (χ3v) is 6.82. The van der Waals surface area contributed by atoms with E-state index in [9.17, 15) is 13.2 Å². The number of aryl methyl sites for hydroxylation is 1. The smallest absolute Gasteiger partial charge is 0.257 e. The fourth-order valence-electron chi connectivity index (χ4n) is 2.80. The quantitative estimate of drug-likeness (QED) is 0.571. The normalized spacial score (nSPS) is 12.2. The molecule has 0 saturated heterocycles. The Morgan fingerprint density at radius 1 is 1.10 bits per heavy atom. The Morgan fingerprint density at radius 2 is 1.80 bits per heavy atom. The van der Waals surface area contributed by atoms with Crippen molar-refractivity contribution in [1.82, 2.24) is 10.3 Å². The van der Waals surface area contributed by atoms with Gasteiger partial charge in [-0.3, -0.25) is 9.78 Å². The van der Waals surface area contributed by atoms with Gasteiger partial charge in [0.1, 0.15) is 11.0 Å². The van der Waals surface area contributed by atoms with Crippen molar-refractivity contribution in [2.45, 2.75) is 17.1 Å². The summed E-state index contributed by atoms with van der Waals surface area (Å²) >= 11 is 5.82. The van der Waals surface area contributed by atoms with Crippen LogP contribution in [0.1, 0.15) is 16.4 Å². The zero-order chi connectivity index (χ0) is 21.6. The van der Waals surface area contributed by atoms with Crippen LogP contribution in [0, 0.1) is 6.92 Å². The van der Waals surface area contributed by atoms with E-state index < -0.39 is 21.0 Å². The van der Waals surface area contributed by atoms with Gasteiger partial charge in [0.15, 0.2) is 16.4 Å². The van der Waals surface area contributed by atoms with Gasteiger partial charge in [0.05, 0.1) is 4.90 Å². The number of benzene rings is 2. The lowest BCUT2D eigenvalue weighted by Crippen LogP contribution is -2.35. The Hall–Kier alpha value is -2.90. The summed E-state index contributed by atoms with van der Waals surface area (Å²) < 4.78 is 31.9. The van der Waals surface area contributed by atoms with E-state index in [2.05, 4.69) is 10.3 Å². The molecule has 3 aromatic rings. The molecule has 2 aromatic carbocycles. The highest BCUT2D eigenvalue weighted by molar-refractivity contribution is 7.91. The lowest BCUT2D eigenvalue weighted by atomic mass is 10.2. The Kier molecular flexibility index (Phi) is 7.07. The van der Waals surface area contributed by atoms with Gasteiger partial charge in [0.2, 0.25) is 0 Å². The minimum Gasteiger partial charge on any atom is -0.484 e. The van der Waals surface area contributed by atoms with Crippen LogP contribution in [0.5, 0.6) is 5.75 Å². The van der Waals surface area contributed by atoms with Crippen LogP contribution in [0.15, 0.2) is 78.0 Å². The molecule has 0 bridgehead atoms. The molecule has 30 heavy (non-hydrogen) atoms. The van der Waals surface area contributed by atoms with E-state index in [0.717, 1.165) is 5.56 Å². The summed E-state index contributed by atoms with van der Waals surface area (Å²) in [6.45, 7) is 1.53. The highest BCUT2D eigenvalue weighted by Crippen LogP contribution is 2.28. The average Bonchev–Trinajstić information content (AvgIpc) is 2.74. The number of sulfone groups is 1. The topological polar surface area (TPSA) is 85.4 Å². The number of carbonyl (C=O) groups excluding carboxylic acids is 1. The van der Waals surface area contributed by atoms with Gasteiger partial charge in [-0.05, 0) is 55.0 Å². The highest BCUT2D eigenvalue weighted by atomic mass is 35.5. The number of aromatic nitrogens is 1. The van der Waals surface area contributed by atoms with Crippen LogP contribution in [0.4, 0.5) is 0 Å². The summed E-state index contributed by atoms with van der Waals surface area (Å²) in [6.07, 6.45) is 3.06. The fourth-order valence-corrected chi connectivity index (χ4v) is 4.57. The number of rotatable bonds is 8. The number of pyridine rings is 1. The predicted molar refractivity (Wildman–Crippen MR) is 115 cm³/mol. The van der Waals surface area contributed by atoms with E-state index in [1.807, 2.05) is 6.92 Å². The summed E-state index contributed by atoms with van der Waals surface area (Å²) in [5, 5.41) is 2.24. The first-order valence-electron chi connectivity index (χ1n) is 9.22. The molecule has 3 rings (SSSR count). The molecule has 0 spiro atoms. The van der Waals surface area contributed by atoms with E-state index in [0.29, 0.717) is 16.3 Å². The highest BCUT2D eigenvalue weighted by Gasteiger charge is 2.29. The third-order valence-electron chi connectivity index (χ3n) is 4.45.